The van der Waals surface area contributed by atoms with Crippen molar-refractivity contribution in [1.29, 1.82) is 0 Å². The van der Waals surface area contributed by atoms with Gasteiger partial charge < -0.3 is 9.47 Å². The molecule has 9 nitrogen and oxygen atoms in total. The van der Waals surface area contributed by atoms with Gasteiger partial charge in [0, 0.05) is 24.6 Å². The smallest absolute Gasteiger partial charge is 0.314 e. The van der Waals surface area contributed by atoms with E-state index in [2.05, 4.69) is 14.4 Å². The van der Waals surface area contributed by atoms with Gasteiger partial charge in [-0.1, -0.05) is 5.04 Å². The van der Waals surface area contributed by atoms with Crippen LogP contribution in [0.5, 0.6) is 0 Å². The van der Waals surface area contributed by atoms with Gasteiger partial charge in [0.25, 0.3) is 0 Å². The van der Waals surface area contributed by atoms with Crippen LogP contribution in [0.4, 0.5) is 4.79 Å². The fourth-order valence-electron chi connectivity index (χ4n) is 2.12. The second kappa shape index (κ2) is 6.91. The van der Waals surface area contributed by atoms with Gasteiger partial charge in [0.15, 0.2) is 0 Å². The molecular weight excluding hydrogens is 299 g/mol. The molecule has 0 aromatic carbocycles. The van der Waals surface area contributed by atoms with Crippen LogP contribution >= 0.6 is 12.3 Å². The maximum absolute atomic E-state index is 12.0. The van der Waals surface area contributed by atoms with Crippen molar-refractivity contribution in [3.63, 3.8) is 0 Å². The molecule has 0 spiro atoms. The van der Waals surface area contributed by atoms with Gasteiger partial charge in [0.1, 0.15) is 6.04 Å². The average molecular weight is 309 g/mol. The van der Waals surface area contributed by atoms with E-state index in [-0.39, 0.29) is 41.6 Å². The van der Waals surface area contributed by atoms with E-state index >= 15 is 0 Å². The molecule has 3 heterocycles. The Morgan fingerprint density at radius 1 is 1.50 bits per heavy atom. The fourth-order valence-corrected chi connectivity index (χ4v) is 2.41. The predicted octanol–water partition coefficient (Wildman–Crippen LogP) is -2.24. The van der Waals surface area contributed by atoms with Crippen molar-refractivity contribution in [1.82, 2.24) is 19.5 Å². The van der Waals surface area contributed by atoms with Crippen molar-refractivity contribution in [2.24, 2.45) is 0 Å². The van der Waals surface area contributed by atoms with Gasteiger partial charge in [-0.15, -0.1) is 4.33 Å². The van der Waals surface area contributed by atoms with Gasteiger partial charge in [-0.3, -0.25) is 0 Å². The normalized spacial score (nSPS) is 20.9. The van der Waals surface area contributed by atoms with Crippen molar-refractivity contribution in [2.75, 3.05) is 13.1 Å². The zero-order valence-electron chi connectivity index (χ0n) is 10.6. The molecule has 0 aliphatic carbocycles. The van der Waals surface area contributed by atoms with Crippen molar-refractivity contribution in [2.45, 2.75) is 6.04 Å². The van der Waals surface area contributed by atoms with E-state index in [9.17, 15) is 4.79 Å². The first-order valence-electron chi connectivity index (χ1n) is 5.38. The molecule has 1 aromatic heterocycles. The predicted molar refractivity (Wildman–Crippen MR) is 62.6 cm³/mol. The van der Waals surface area contributed by atoms with E-state index in [4.69, 9.17) is 9.54 Å². The average Bonchev–Trinajstić information content (AvgIpc) is 3.02. The number of imidazole rings is 1. The molecule has 1 aromatic rings. The number of amides is 2. The number of aromatic nitrogens is 2. The molecule has 1 saturated heterocycles. The van der Waals surface area contributed by atoms with Crippen LogP contribution in [-0.4, -0.2) is 49.9 Å². The van der Waals surface area contributed by atoms with Crippen LogP contribution in [0.25, 0.3) is 5.70 Å². The van der Waals surface area contributed by atoms with Gasteiger partial charge in [0.05, 0.1) is 12.9 Å². The summed E-state index contributed by atoms with van der Waals surface area (Å²) in [4.78, 5) is 17.6. The molecule has 1 fully saturated rings. The summed E-state index contributed by atoms with van der Waals surface area (Å²) in [6, 6.07) is -0.501. The first-order valence-corrected chi connectivity index (χ1v) is 6.05. The monoisotopic (exact) mass is 309 g/mol. The SMILES string of the molecule is O=C1N2CC(n3ccnc3)=CC(C2)N1OSOOO.[Na+]. The zero-order valence-corrected chi connectivity index (χ0v) is 13.4. The van der Waals surface area contributed by atoms with Crippen LogP contribution in [0.15, 0.2) is 24.8 Å². The van der Waals surface area contributed by atoms with E-state index in [1.54, 1.807) is 17.4 Å². The summed E-state index contributed by atoms with van der Waals surface area (Å²) in [6.45, 7) is 1.02. The summed E-state index contributed by atoms with van der Waals surface area (Å²) in [5, 5.41) is 12.5. The third kappa shape index (κ3) is 3.02. The van der Waals surface area contributed by atoms with Gasteiger partial charge in [-0.25, -0.2) is 15.0 Å². The van der Waals surface area contributed by atoms with Gasteiger partial charge in [-0.2, -0.15) is 9.35 Å². The van der Waals surface area contributed by atoms with Crippen molar-refractivity contribution < 1.29 is 53.3 Å². The van der Waals surface area contributed by atoms with E-state index < -0.39 is 0 Å². The van der Waals surface area contributed by atoms with Crippen LogP contribution in [0.1, 0.15) is 0 Å². The number of fused-ring (bicyclic) bond motifs is 2. The standard InChI is InChI=1S/C9H10N4O5S.Na/c14-9-12-4-7(11-2-1-10-6-11)3-8(5-12)13(9)16-19-18-17-15;/h1-3,6,8,15H,4-5H2;/q;+1. The summed E-state index contributed by atoms with van der Waals surface area (Å²) < 4.78 is 11.0. The quantitative estimate of drug-likeness (QED) is 0.216. The minimum Gasteiger partial charge on any atom is -0.314 e. The number of carbonyl (C=O) groups is 1. The Labute approximate surface area is 140 Å². The van der Waals surface area contributed by atoms with Crippen molar-refractivity contribution >= 4 is 24.1 Å². The minimum absolute atomic E-state index is 0. The Morgan fingerprint density at radius 2 is 2.35 bits per heavy atom. The molecule has 11 heteroatoms. The summed E-state index contributed by atoms with van der Waals surface area (Å²) in [6.07, 6.45) is 7.07. The number of hydrogen-bond acceptors (Lipinski definition) is 7. The first-order chi connectivity index (χ1) is 9.29. The fraction of sp³-hybridized carbons (Fsp3) is 0.333. The zero-order chi connectivity index (χ0) is 13.2. The van der Waals surface area contributed by atoms with Gasteiger partial charge >= 0.3 is 35.6 Å². The Balaban J connectivity index is 0.00000147. The van der Waals surface area contributed by atoms with Crippen molar-refractivity contribution in [3.05, 3.63) is 24.8 Å². The van der Waals surface area contributed by atoms with Crippen molar-refractivity contribution in [3.8, 4) is 0 Å². The van der Waals surface area contributed by atoms with Crippen LogP contribution in [-0.2, 0) is 13.7 Å². The molecule has 1 N–H and O–H groups in total. The molecule has 20 heavy (non-hydrogen) atoms. The van der Waals surface area contributed by atoms with Gasteiger partial charge in [0.2, 0.25) is 12.3 Å². The maximum atomic E-state index is 12.0. The molecule has 0 saturated carbocycles. The number of carbonyl (C=O) groups excluding carboxylic acids is 1. The van der Waals surface area contributed by atoms with E-state index in [0.717, 1.165) is 10.8 Å². The summed E-state index contributed by atoms with van der Waals surface area (Å²) in [5.41, 5.74) is 0.942. The van der Waals surface area contributed by atoms with E-state index in [1.165, 1.54) is 0 Å². The molecule has 1 unspecified atom stereocenters. The molecule has 3 rings (SSSR count). The third-order valence-electron chi connectivity index (χ3n) is 2.91. The topological polar surface area (TPSA) is 89.3 Å². The van der Waals surface area contributed by atoms with E-state index in [1.807, 2.05) is 16.8 Å². The second-order valence-electron chi connectivity index (χ2n) is 3.97. The van der Waals surface area contributed by atoms with Crippen LogP contribution in [0, 0.1) is 0 Å². The largest absolute Gasteiger partial charge is 1.00 e. The Morgan fingerprint density at radius 3 is 3.05 bits per heavy atom. The Bertz CT molecular complexity index is 499. The molecular formula is C9H10N4NaO5S+. The molecule has 2 amide bonds. The number of hydroxylamine groups is 2. The minimum atomic E-state index is -0.273. The summed E-state index contributed by atoms with van der Waals surface area (Å²) in [7, 11) is 0. The number of nitrogens with zero attached hydrogens (tertiary/aromatic N) is 4. The van der Waals surface area contributed by atoms with Crippen LogP contribution in [0.3, 0.4) is 0 Å². The molecule has 2 aliphatic rings. The first kappa shape index (κ1) is 15.8. The van der Waals surface area contributed by atoms with Crippen LogP contribution < -0.4 is 29.6 Å². The molecule has 102 valence electrons. The molecule has 2 aliphatic heterocycles. The third-order valence-corrected chi connectivity index (χ3v) is 3.25. The Kier molecular flexibility index (Phi) is 5.46. The number of hydrogen-bond donors (Lipinski definition) is 1. The summed E-state index contributed by atoms with van der Waals surface area (Å²) in [5.74, 6) is 0. The summed E-state index contributed by atoms with van der Waals surface area (Å²) >= 11 is 0.360. The Hall–Kier alpha value is -0.590. The molecule has 1 atom stereocenters. The van der Waals surface area contributed by atoms with Crippen LogP contribution in [0.2, 0.25) is 0 Å². The van der Waals surface area contributed by atoms with Gasteiger partial charge in [-0.05, 0) is 6.08 Å². The molecule has 2 bridgehead atoms. The second-order valence-corrected chi connectivity index (χ2v) is 4.39. The number of urea groups is 1. The van der Waals surface area contributed by atoms with E-state index in [0.29, 0.717) is 25.4 Å². The maximum Gasteiger partial charge on any atom is 1.00 e. The number of rotatable bonds is 5. The molecule has 0 radical (unpaired) electrons.